The maximum atomic E-state index is 8.08. The van der Waals surface area contributed by atoms with Crippen LogP contribution in [0.25, 0.3) is 0 Å². The molecular formula is C6H11N2. The second-order valence-electron chi connectivity index (χ2n) is 1.75. The first-order chi connectivity index (χ1) is 3.81. The molecule has 0 aliphatic heterocycles. The van der Waals surface area contributed by atoms with Crippen LogP contribution >= 0.6 is 0 Å². The van der Waals surface area contributed by atoms with Gasteiger partial charge >= 0.3 is 0 Å². The topological polar surface area (TPSA) is 49.8 Å². The van der Waals surface area contributed by atoms with E-state index in [1.165, 1.54) is 0 Å². The van der Waals surface area contributed by atoms with Crippen molar-refractivity contribution in [1.29, 1.82) is 5.26 Å². The Hall–Kier alpha value is -0.550. The third-order valence-corrected chi connectivity index (χ3v) is 0.998. The number of nitrogens with zero attached hydrogens (tertiary/aromatic N) is 1. The molecule has 0 amide bonds. The van der Waals surface area contributed by atoms with Gasteiger partial charge in [0.1, 0.15) is 0 Å². The average Bonchev–Trinajstić information content (AvgIpc) is 1.83. The van der Waals surface area contributed by atoms with Crippen LogP contribution in [0.4, 0.5) is 0 Å². The fraction of sp³-hybridized carbons (Fsp3) is 0.667. The molecule has 0 bridgehead atoms. The highest BCUT2D eigenvalue weighted by atomic mass is 14.6. The standard InChI is InChI=1S/C6H11N2/c1-2-6(8)4-3-5-7/h6H,1-4,8H2. The quantitative estimate of drug-likeness (QED) is 0.586. The van der Waals surface area contributed by atoms with Crippen LogP contribution in [0.1, 0.15) is 19.3 Å². The van der Waals surface area contributed by atoms with E-state index >= 15 is 0 Å². The maximum absolute atomic E-state index is 8.08. The fourth-order valence-corrected chi connectivity index (χ4v) is 0.394. The lowest BCUT2D eigenvalue weighted by atomic mass is 10.1. The van der Waals surface area contributed by atoms with Crippen LogP contribution < -0.4 is 5.73 Å². The van der Waals surface area contributed by atoms with Crippen molar-refractivity contribution >= 4 is 0 Å². The molecule has 0 rings (SSSR count). The van der Waals surface area contributed by atoms with Crippen molar-refractivity contribution in [2.75, 3.05) is 0 Å². The molecule has 0 aromatic carbocycles. The summed E-state index contributed by atoms with van der Waals surface area (Å²) >= 11 is 0. The summed E-state index contributed by atoms with van der Waals surface area (Å²) in [5.41, 5.74) is 5.45. The molecule has 0 spiro atoms. The Bertz CT molecular complexity index is 83.0. The smallest absolute Gasteiger partial charge is 0.0622 e. The van der Waals surface area contributed by atoms with E-state index in [-0.39, 0.29) is 6.04 Å². The van der Waals surface area contributed by atoms with Crippen molar-refractivity contribution in [2.24, 2.45) is 5.73 Å². The minimum absolute atomic E-state index is 0.120. The van der Waals surface area contributed by atoms with Gasteiger partial charge in [-0.25, -0.2) is 0 Å². The molecule has 0 saturated carbocycles. The van der Waals surface area contributed by atoms with Gasteiger partial charge in [-0.15, -0.1) is 0 Å². The van der Waals surface area contributed by atoms with Crippen LogP contribution in [0.2, 0.25) is 0 Å². The van der Waals surface area contributed by atoms with Gasteiger partial charge in [0, 0.05) is 12.5 Å². The van der Waals surface area contributed by atoms with Crippen molar-refractivity contribution in [3.05, 3.63) is 6.92 Å². The van der Waals surface area contributed by atoms with Gasteiger partial charge in [-0.2, -0.15) is 5.26 Å². The summed E-state index contributed by atoms with van der Waals surface area (Å²) in [6.45, 7) is 3.60. The zero-order chi connectivity index (χ0) is 6.41. The van der Waals surface area contributed by atoms with Crippen molar-refractivity contribution < 1.29 is 0 Å². The molecule has 0 aromatic heterocycles. The van der Waals surface area contributed by atoms with Gasteiger partial charge in [0.25, 0.3) is 0 Å². The molecular weight excluding hydrogens is 100 g/mol. The van der Waals surface area contributed by atoms with E-state index in [9.17, 15) is 0 Å². The molecule has 0 aromatic rings. The van der Waals surface area contributed by atoms with Crippen LogP contribution in [0.15, 0.2) is 0 Å². The zero-order valence-corrected chi connectivity index (χ0v) is 4.93. The highest BCUT2D eigenvalue weighted by Crippen LogP contribution is 1.94. The molecule has 2 heteroatoms. The highest BCUT2D eigenvalue weighted by molar-refractivity contribution is 4.73. The van der Waals surface area contributed by atoms with Crippen molar-refractivity contribution in [3.63, 3.8) is 0 Å². The van der Waals surface area contributed by atoms with Crippen LogP contribution in [-0.4, -0.2) is 6.04 Å². The predicted molar refractivity (Wildman–Crippen MR) is 32.8 cm³/mol. The van der Waals surface area contributed by atoms with Crippen LogP contribution in [0.5, 0.6) is 0 Å². The first kappa shape index (κ1) is 7.45. The fourth-order valence-electron chi connectivity index (χ4n) is 0.394. The Morgan fingerprint density at radius 1 is 1.75 bits per heavy atom. The minimum Gasteiger partial charge on any atom is -0.328 e. The molecule has 2 N–H and O–H groups in total. The van der Waals surface area contributed by atoms with E-state index in [1.807, 2.05) is 6.07 Å². The lowest BCUT2D eigenvalue weighted by Gasteiger charge is -2.02. The first-order valence-corrected chi connectivity index (χ1v) is 2.73. The number of nitriles is 1. The van der Waals surface area contributed by atoms with Crippen molar-refractivity contribution in [2.45, 2.75) is 25.3 Å². The van der Waals surface area contributed by atoms with Crippen LogP contribution in [0.3, 0.4) is 0 Å². The van der Waals surface area contributed by atoms with Gasteiger partial charge in [0.15, 0.2) is 0 Å². The van der Waals surface area contributed by atoms with Crippen LogP contribution in [-0.2, 0) is 0 Å². The molecule has 1 unspecified atom stereocenters. The Labute approximate surface area is 50.3 Å². The van der Waals surface area contributed by atoms with E-state index in [0.717, 1.165) is 12.8 Å². The Morgan fingerprint density at radius 2 is 2.38 bits per heavy atom. The molecule has 0 heterocycles. The normalized spacial score (nSPS) is 12.6. The summed E-state index contributed by atoms with van der Waals surface area (Å²) in [4.78, 5) is 0. The summed E-state index contributed by atoms with van der Waals surface area (Å²) in [7, 11) is 0. The molecule has 45 valence electrons. The van der Waals surface area contributed by atoms with E-state index in [2.05, 4.69) is 6.92 Å². The third-order valence-electron chi connectivity index (χ3n) is 0.998. The Morgan fingerprint density at radius 3 is 2.75 bits per heavy atom. The van der Waals surface area contributed by atoms with E-state index in [1.54, 1.807) is 0 Å². The Balaban J connectivity index is 3.01. The lowest BCUT2D eigenvalue weighted by Crippen LogP contribution is -2.17. The average molecular weight is 111 g/mol. The monoisotopic (exact) mass is 111 g/mol. The van der Waals surface area contributed by atoms with E-state index in [4.69, 9.17) is 11.0 Å². The summed E-state index contributed by atoms with van der Waals surface area (Å²) in [5, 5.41) is 8.08. The van der Waals surface area contributed by atoms with E-state index in [0.29, 0.717) is 6.42 Å². The number of hydrogen-bond acceptors (Lipinski definition) is 2. The molecule has 0 saturated heterocycles. The van der Waals surface area contributed by atoms with Gasteiger partial charge < -0.3 is 5.73 Å². The summed E-state index contributed by atoms with van der Waals surface area (Å²) in [6, 6.07) is 2.15. The molecule has 1 atom stereocenters. The Kier molecular flexibility index (Phi) is 4.29. The van der Waals surface area contributed by atoms with Gasteiger partial charge in [-0.3, -0.25) is 0 Å². The molecule has 2 nitrogen and oxygen atoms in total. The largest absolute Gasteiger partial charge is 0.328 e. The van der Waals surface area contributed by atoms with Gasteiger partial charge in [-0.05, 0) is 12.8 Å². The van der Waals surface area contributed by atoms with Crippen LogP contribution in [0, 0.1) is 18.3 Å². The van der Waals surface area contributed by atoms with Gasteiger partial charge in [0.05, 0.1) is 6.07 Å². The van der Waals surface area contributed by atoms with E-state index < -0.39 is 0 Å². The second-order valence-corrected chi connectivity index (χ2v) is 1.75. The number of nitrogens with two attached hydrogens (primary N) is 1. The number of rotatable bonds is 3. The molecule has 8 heavy (non-hydrogen) atoms. The summed E-state index contributed by atoms with van der Waals surface area (Å²) in [5.74, 6) is 0. The number of hydrogen-bond donors (Lipinski definition) is 1. The summed E-state index contributed by atoms with van der Waals surface area (Å²) in [6.07, 6.45) is 2.05. The lowest BCUT2D eigenvalue weighted by molar-refractivity contribution is 0.630. The van der Waals surface area contributed by atoms with Crippen molar-refractivity contribution in [3.8, 4) is 6.07 Å². The first-order valence-electron chi connectivity index (χ1n) is 2.73. The molecule has 0 fully saturated rings. The minimum atomic E-state index is 0.120. The SMILES string of the molecule is [CH2]CC(N)CCC#N. The second kappa shape index (κ2) is 4.61. The summed E-state index contributed by atoms with van der Waals surface area (Å²) < 4.78 is 0. The molecule has 1 radical (unpaired) electrons. The predicted octanol–water partition coefficient (Wildman–Crippen LogP) is 0.842. The highest BCUT2D eigenvalue weighted by Gasteiger charge is 1.95. The third kappa shape index (κ3) is 3.63. The molecule has 0 aliphatic carbocycles. The zero-order valence-electron chi connectivity index (χ0n) is 4.93. The molecule has 0 aliphatic rings. The van der Waals surface area contributed by atoms with Gasteiger partial charge in [-0.1, -0.05) is 6.92 Å². The van der Waals surface area contributed by atoms with Crippen molar-refractivity contribution in [1.82, 2.24) is 0 Å². The van der Waals surface area contributed by atoms with Gasteiger partial charge in [0.2, 0.25) is 0 Å². The maximum Gasteiger partial charge on any atom is 0.0622 e.